The number of halogens is 3. The van der Waals surface area contributed by atoms with Crippen molar-refractivity contribution >= 4 is 128 Å². The zero-order valence-electron chi connectivity index (χ0n) is 75.7. The summed E-state index contributed by atoms with van der Waals surface area (Å²) in [5.41, 5.74) is 30.0. The molecule has 33 heteroatoms. The predicted octanol–water partition coefficient (Wildman–Crippen LogP) is 21.7. The Morgan fingerprint density at radius 1 is 0.457 bits per heavy atom. The van der Waals surface area contributed by atoms with E-state index in [0.717, 1.165) is 172 Å². The second-order valence-electron chi connectivity index (χ2n) is 33.4. The number of benzene rings is 2. The van der Waals surface area contributed by atoms with Gasteiger partial charge in [-0.15, -0.1) is 0 Å². The first kappa shape index (κ1) is 93.0. The van der Waals surface area contributed by atoms with Crippen LogP contribution in [0.15, 0.2) is 114 Å². The number of piperidine rings is 5. The number of nitro groups is 2. The topological polar surface area (TPSA) is 312 Å². The molecule has 0 amide bonds. The third-order valence-electron chi connectivity index (χ3n) is 24.4. The number of nitrogen functional groups attached to an aromatic ring is 1. The highest BCUT2D eigenvalue weighted by Gasteiger charge is 2.30. The van der Waals surface area contributed by atoms with Crippen LogP contribution in [0.25, 0.3) is 50.1 Å². The number of aromatic nitrogens is 12. The molecule has 0 unspecified atom stereocenters. The van der Waals surface area contributed by atoms with Gasteiger partial charge in [0.15, 0.2) is 10.3 Å². The molecule has 676 valence electrons. The first-order valence-electron chi connectivity index (χ1n) is 45.3. The molecule has 5 aliphatic heterocycles. The number of rotatable bonds is 17. The van der Waals surface area contributed by atoms with Crippen molar-refractivity contribution in [3.8, 4) is 34.7 Å². The van der Waals surface area contributed by atoms with E-state index in [-0.39, 0.29) is 32.9 Å². The average Bonchev–Trinajstić information content (AvgIpc) is 1.24. The summed E-state index contributed by atoms with van der Waals surface area (Å²) in [7, 11) is 1.98. The molecule has 0 spiro atoms. The Labute approximate surface area is 767 Å². The number of nitriles is 2. The largest absolute Gasteiger partial charge is 0.395 e. The average molecular weight is 1850 g/mol. The van der Waals surface area contributed by atoms with Gasteiger partial charge in [-0.3, -0.25) is 20.2 Å². The van der Waals surface area contributed by atoms with E-state index in [2.05, 4.69) is 163 Å². The van der Waals surface area contributed by atoms with Crippen LogP contribution in [0, 0.1) is 89.1 Å². The summed E-state index contributed by atoms with van der Waals surface area (Å²) in [6.45, 7) is 31.3. The molecule has 4 N–H and O–H groups in total. The molecular weight excluding hydrogens is 1740 g/mol. The quantitative estimate of drug-likeness (QED) is 0.0563. The van der Waals surface area contributed by atoms with Crippen molar-refractivity contribution in [1.29, 1.82) is 10.5 Å². The minimum absolute atomic E-state index is 0.104. The fourth-order valence-electron chi connectivity index (χ4n) is 17.7. The molecule has 5 saturated heterocycles. The van der Waals surface area contributed by atoms with Gasteiger partial charge in [0.25, 0.3) is 0 Å². The third kappa shape index (κ3) is 20.9. The van der Waals surface area contributed by atoms with Crippen molar-refractivity contribution in [3.05, 3.63) is 212 Å². The van der Waals surface area contributed by atoms with E-state index >= 15 is 0 Å². The van der Waals surface area contributed by atoms with E-state index in [1.807, 2.05) is 65.3 Å². The number of nitrogens with zero attached hydrogens (tertiary/aromatic N) is 21. The highest BCUT2D eigenvalue weighted by atomic mass is 79.9. The molecule has 19 rings (SSSR count). The highest BCUT2D eigenvalue weighted by Crippen LogP contribution is 2.43. The smallest absolute Gasteiger partial charge is 0.317 e. The number of hydrogen-bond donors (Lipinski definition) is 3. The number of fused-ring (bicyclic) bond motifs is 5. The molecule has 5 aliphatic rings. The molecule has 0 aliphatic carbocycles. The molecule has 14 aromatic rings. The SMILES string of the molecule is C1CCNCC1.CCc1nn2c(C)cc(Br)cc2c1[N+](=O)[O-].CCc1nn2c(C)cc(N3CCCCC3)cc2c1N.CCc1nn2c(C)cc(N3CCCCC3)cc2c1N(C)c1nc(-c2ccc(F)cc2)c(C#N)s1.CCc1nn2c(C)cc(N3CCCCC3)cc2c1Nc1nc(-c2ccc(F)cc2)c(C#N)s1.CCc1nn2c(C)cc(N3CCCCC3)cc2c1[N+](=O)[O-]. The van der Waals surface area contributed by atoms with Crippen molar-refractivity contribution in [2.24, 2.45) is 0 Å². The Balaban J connectivity index is 0.000000131. The Kier molecular flexibility index (Phi) is 30.6. The fraction of sp³-hybridized carbons (Fsp3) is 0.427. The number of hydrogen-bond acceptors (Lipinski definition) is 23. The van der Waals surface area contributed by atoms with Gasteiger partial charge in [-0.25, -0.2) is 41.3 Å². The lowest BCUT2D eigenvalue weighted by molar-refractivity contribution is -0.383. The van der Waals surface area contributed by atoms with Crippen LogP contribution in [-0.4, -0.2) is 140 Å². The molecule has 17 heterocycles. The van der Waals surface area contributed by atoms with Gasteiger partial charge in [-0.2, -0.15) is 36.0 Å². The van der Waals surface area contributed by atoms with E-state index in [1.54, 1.807) is 39.4 Å². The number of aryl methyl sites for hydroxylation is 10. The molecule has 28 nitrogen and oxygen atoms in total. The van der Waals surface area contributed by atoms with Gasteiger partial charge in [-0.1, -0.05) is 79.6 Å². The Morgan fingerprint density at radius 2 is 0.806 bits per heavy atom. The summed E-state index contributed by atoms with van der Waals surface area (Å²) >= 11 is 5.97. The Bertz CT molecular complexity index is 6390. The maximum absolute atomic E-state index is 13.4. The van der Waals surface area contributed by atoms with Crippen LogP contribution in [-0.2, 0) is 32.1 Å². The highest BCUT2D eigenvalue weighted by molar-refractivity contribution is 9.10. The first-order valence-corrected chi connectivity index (χ1v) is 47.7. The minimum atomic E-state index is -0.368. The zero-order chi connectivity index (χ0) is 91.3. The van der Waals surface area contributed by atoms with Crippen LogP contribution in [0.1, 0.15) is 198 Å². The second kappa shape index (κ2) is 42.4. The minimum Gasteiger partial charge on any atom is -0.395 e. The molecule has 0 atom stereocenters. The van der Waals surface area contributed by atoms with Gasteiger partial charge in [0, 0.05) is 126 Å². The van der Waals surface area contributed by atoms with Gasteiger partial charge < -0.3 is 40.9 Å². The van der Waals surface area contributed by atoms with Crippen molar-refractivity contribution in [2.45, 2.75) is 198 Å². The molecule has 0 bridgehead atoms. The lowest BCUT2D eigenvalue weighted by Crippen LogP contribution is -2.29. The van der Waals surface area contributed by atoms with Crippen LogP contribution < -0.4 is 40.9 Å². The number of pyridine rings is 5. The van der Waals surface area contributed by atoms with Crippen LogP contribution >= 0.6 is 38.6 Å². The normalized spacial score (nSPS) is 14.6. The van der Waals surface area contributed by atoms with Crippen LogP contribution in [0.2, 0.25) is 0 Å². The first-order chi connectivity index (χ1) is 62.4. The molecular formula is C96H115BrF2N24O4S2. The van der Waals surface area contributed by atoms with E-state index < -0.39 is 0 Å². The Morgan fingerprint density at radius 3 is 1.22 bits per heavy atom. The van der Waals surface area contributed by atoms with Crippen LogP contribution in [0.5, 0.6) is 0 Å². The van der Waals surface area contributed by atoms with Gasteiger partial charge >= 0.3 is 11.4 Å². The van der Waals surface area contributed by atoms with Gasteiger partial charge in [0.1, 0.15) is 67.3 Å². The van der Waals surface area contributed by atoms with Crippen LogP contribution in [0.4, 0.5) is 70.2 Å². The molecule has 2 aromatic carbocycles. The van der Waals surface area contributed by atoms with Crippen LogP contribution in [0.3, 0.4) is 0 Å². The van der Waals surface area contributed by atoms with Crippen molar-refractivity contribution < 1.29 is 18.6 Å². The zero-order valence-corrected chi connectivity index (χ0v) is 78.9. The number of thiazole rings is 2. The van der Waals surface area contributed by atoms with Crippen molar-refractivity contribution in [1.82, 2.24) is 63.4 Å². The van der Waals surface area contributed by atoms with Crippen molar-refractivity contribution in [2.75, 3.05) is 108 Å². The standard InChI is InChI=1S/C26H27FN6S.C25H25FN6S.C15H20N4O2.C15H22N4.C10H10BrN3O2.C5H11N/c1-4-21-25(22-15-20(14-17(2)33(22)30-21)32-12-6-5-7-13-32)31(3)26-29-24(23(16-28)34-26)18-8-10-19(27)11-9-18;1-3-20-24(21-14-19(13-16(2)32(21)30-20)31-11-5-4-6-12-31)29-25-28-23(22(15-27)33-25)17-7-9-18(26)10-8-17;1-3-13-15(19(20)21)14-10-12(9-11(2)18(14)16-13)17-7-5-4-6-8-17;1-3-13-15(16)14-10-12(9-11(2)19(14)17-13)18-7-5-4-6-8-18;1-3-8-10(14(15)16)9-5-7(11)4-6(2)13(9)12-8;1-2-4-6-5-3-1/h8-11,14-15H,4-7,12-13H2,1-3H3;7-10,13-14H,3-6,11-12H2,1-2H3,(H,28,29);9-10H,3-8H2,1-2H3;9-10H,3-8,16H2,1-2H3;4-5H,3H2,1-2H3;6H,1-5H2. The lowest BCUT2D eigenvalue weighted by atomic mass is 10.1. The van der Waals surface area contributed by atoms with E-state index in [4.69, 9.17) is 20.9 Å². The van der Waals surface area contributed by atoms with Gasteiger partial charge in [0.2, 0.25) is 0 Å². The molecule has 129 heavy (non-hydrogen) atoms. The monoisotopic (exact) mass is 1850 g/mol. The number of anilines is 9. The van der Waals surface area contributed by atoms with E-state index in [9.17, 15) is 39.5 Å². The fourth-order valence-corrected chi connectivity index (χ4v) is 19.9. The third-order valence-corrected chi connectivity index (χ3v) is 26.8. The number of nitrogens with one attached hydrogen (secondary N) is 2. The summed E-state index contributed by atoms with van der Waals surface area (Å²) in [5.74, 6) is -0.627. The summed E-state index contributed by atoms with van der Waals surface area (Å²) < 4.78 is 36.9. The summed E-state index contributed by atoms with van der Waals surface area (Å²) in [4.78, 5) is 44.0. The van der Waals surface area contributed by atoms with Gasteiger partial charge in [0.05, 0.1) is 60.5 Å². The van der Waals surface area contributed by atoms with Gasteiger partial charge in [-0.05, 0) is 279 Å². The molecule has 12 aromatic heterocycles. The maximum Gasteiger partial charge on any atom is 0.317 e. The predicted molar refractivity (Wildman–Crippen MR) is 519 cm³/mol. The maximum atomic E-state index is 13.4. The Hall–Kier alpha value is -12.2. The van der Waals surface area contributed by atoms with E-state index in [1.165, 1.54) is 173 Å². The number of nitrogens with two attached hydrogens (primary N) is 1. The van der Waals surface area contributed by atoms with E-state index in [0.29, 0.717) is 66.7 Å². The molecule has 0 radical (unpaired) electrons. The molecule has 5 fully saturated rings. The van der Waals surface area contributed by atoms with Crippen molar-refractivity contribution in [3.63, 3.8) is 0 Å². The lowest BCUT2D eigenvalue weighted by Gasteiger charge is -2.29. The summed E-state index contributed by atoms with van der Waals surface area (Å²) in [5, 5.41) is 72.9. The summed E-state index contributed by atoms with van der Waals surface area (Å²) in [6, 6.07) is 37.5. The molecule has 0 saturated carbocycles. The summed E-state index contributed by atoms with van der Waals surface area (Å²) in [6.07, 6.45) is 22.8. The second-order valence-corrected chi connectivity index (χ2v) is 36.3.